The number of rotatable bonds is 7. The number of hydrogen-bond acceptors (Lipinski definition) is 9. The van der Waals surface area contributed by atoms with Crippen molar-refractivity contribution in [3.8, 4) is 0 Å². The van der Waals surface area contributed by atoms with E-state index in [4.69, 9.17) is 9.97 Å². The third-order valence-electron chi connectivity index (χ3n) is 14.1. The smallest absolute Gasteiger partial charge is 0.262 e. The molecule has 2 aromatic heterocycles. The number of aromatic nitrogens is 3. The predicted octanol–water partition coefficient (Wildman–Crippen LogP) is 5.49. The van der Waals surface area contributed by atoms with Gasteiger partial charge in [0.05, 0.1) is 23.7 Å². The maximum Gasteiger partial charge on any atom is 0.262 e. The molecule has 314 valence electrons. The number of piperidine rings is 2. The Morgan fingerprint density at radius 2 is 1.57 bits per heavy atom. The molecule has 15 heteroatoms. The van der Waals surface area contributed by atoms with Gasteiger partial charge in [-0.05, 0) is 93.2 Å². The number of carbonyl (C=O) groups is 5. The molecule has 0 spiro atoms. The lowest BCUT2D eigenvalue weighted by atomic mass is 9.80. The van der Waals surface area contributed by atoms with Crippen LogP contribution in [0, 0.1) is 5.92 Å². The van der Waals surface area contributed by atoms with E-state index in [2.05, 4.69) is 21.3 Å². The molecule has 2 aromatic carbocycles. The summed E-state index contributed by atoms with van der Waals surface area (Å²) in [7, 11) is 0. The van der Waals surface area contributed by atoms with Gasteiger partial charge in [0.2, 0.25) is 17.7 Å². The molecule has 7 heterocycles. The van der Waals surface area contributed by atoms with Crippen LogP contribution in [-0.2, 0) is 33.9 Å². The van der Waals surface area contributed by atoms with E-state index in [0.29, 0.717) is 43.7 Å². The van der Waals surface area contributed by atoms with Crippen molar-refractivity contribution in [2.24, 2.45) is 5.92 Å². The minimum absolute atomic E-state index is 0. The van der Waals surface area contributed by atoms with E-state index in [1.54, 1.807) is 12.1 Å². The lowest BCUT2D eigenvalue weighted by Gasteiger charge is -2.40. The van der Waals surface area contributed by atoms with Gasteiger partial charge in [0, 0.05) is 92.5 Å². The average Bonchev–Trinajstić information content (AvgIpc) is 3.91. The Morgan fingerprint density at radius 3 is 2.22 bits per heavy atom. The number of fused-ring (bicyclic) bond motifs is 5. The maximum atomic E-state index is 13.9. The molecule has 10 rings (SSSR count). The SMILES string of the molecule is C[C@@H]1Cc2c([nH]c3ccccc23)[C@@H](c2cnc(C3CCC(C(=O)N4CCC(N5Cc6cc7c(cc6C5)C(=O)N(C5CCC(=O)NC5=O)C7=O)CC4)CC3)nc2)N1CC(F)F.[HH]. The van der Waals surface area contributed by atoms with Crippen LogP contribution in [0.2, 0.25) is 0 Å². The van der Waals surface area contributed by atoms with E-state index in [0.717, 1.165) is 88.1 Å². The summed E-state index contributed by atoms with van der Waals surface area (Å²) < 4.78 is 27.8. The minimum Gasteiger partial charge on any atom is -0.357 e. The Morgan fingerprint density at radius 1 is 0.900 bits per heavy atom. The number of aromatic amines is 1. The molecule has 1 unspecified atom stereocenters. The number of benzene rings is 2. The minimum atomic E-state index is -2.47. The molecule has 1 aliphatic carbocycles. The van der Waals surface area contributed by atoms with E-state index in [-0.39, 0.29) is 50.6 Å². The lowest BCUT2D eigenvalue weighted by molar-refractivity contribution is -0.138. The first-order valence-electron chi connectivity index (χ1n) is 21.4. The van der Waals surface area contributed by atoms with Crippen LogP contribution in [0.25, 0.3) is 10.9 Å². The molecule has 4 aromatic rings. The summed E-state index contributed by atoms with van der Waals surface area (Å²) in [5, 5.41) is 3.36. The molecule has 2 saturated heterocycles. The number of likely N-dealkylation sites (tertiary alicyclic amines) is 1. The number of H-pyrrole nitrogens is 1. The zero-order valence-electron chi connectivity index (χ0n) is 33.5. The highest BCUT2D eigenvalue weighted by atomic mass is 19.3. The van der Waals surface area contributed by atoms with E-state index < -0.39 is 42.1 Å². The molecule has 3 fully saturated rings. The number of halogens is 2. The van der Waals surface area contributed by atoms with Gasteiger partial charge in [-0.3, -0.25) is 44.0 Å². The third kappa shape index (κ3) is 6.70. The number of hydrogen-bond donors (Lipinski definition) is 2. The number of carbonyl (C=O) groups excluding carboxylic acids is 5. The summed E-state index contributed by atoms with van der Waals surface area (Å²) in [4.78, 5) is 85.1. The normalized spacial score (nSPS) is 26.5. The van der Waals surface area contributed by atoms with Gasteiger partial charge in [0.25, 0.3) is 18.2 Å². The third-order valence-corrected chi connectivity index (χ3v) is 14.1. The van der Waals surface area contributed by atoms with E-state index in [9.17, 15) is 32.8 Å². The van der Waals surface area contributed by atoms with Gasteiger partial charge in [-0.1, -0.05) is 18.2 Å². The summed E-state index contributed by atoms with van der Waals surface area (Å²) in [6.45, 7) is 4.31. The van der Waals surface area contributed by atoms with Gasteiger partial charge in [-0.2, -0.15) is 0 Å². The molecule has 0 radical (unpaired) electrons. The number of nitrogens with one attached hydrogen (secondary N) is 2. The quantitative estimate of drug-likeness (QED) is 0.231. The van der Waals surface area contributed by atoms with Gasteiger partial charge in [-0.25, -0.2) is 18.7 Å². The van der Waals surface area contributed by atoms with Gasteiger partial charge in [0.15, 0.2) is 0 Å². The van der Waals surface area contributed by atoms with E-state index in [1.165, 1.54) is 0 Å². The molecule has 6 aliphatic rings. The van der Waals surface area contributed by atoms with Crippen molar-refractivity contribution in [1.82, 2.24) is 39.9 Å². The fourth-order valence-electron chi connectivity index (χ4n) is 11.0. The molecule has 1 saturated carbocycles. The largest absolute Gasteiger partial charge is 0.357 e. The van der Waals surface area contributed by atoms with Crippen LogP contribution in [0.1, 0.15) is 126 Å². The number of alkyl halides is 2. The second-order valence-electron chi connectivity index (χ2n) is 17.6. The van der Waals surface area contributed by atoms with Crippen molar-refractivity contribution < 1.29 is 34.2 Å². The highest BCUT2D eigenvalue weighted by molar-refractivity contribution is 6.23. The Hall–Kier alpha value is -5.41. The van der Waals surface area contributed by atoms with Crippen LogP contribution in [0.5, 0.6) is 0 Å². The summed E-state index contributed by atoms with van der Waals surface area (Å²) in [5.74, 6) is -0.971. The topological polar surface area (TPSA) is 152 Å². The first-order valence-corrected chi connectivity index (χ1v) is 21.4. The zero-order valence-corrected chi connectivity index (χ0v) is 33.5. The molecule has 3 atom stereocenters. The average molecular weight is 821 g/mol. The van der Waals surface area contributed by atoms with Crippen LogP contribution in [0.15, 0.2) is 48.8 Å². The van der Waals surface area contributed by atoms with Crippen molar-refractivity contribution in [2.75, 3.05) is 19.6 Å². The predicted molar refractivity (Wildman–Crippen MR) is 217 cm³/mol. The van der Waals surface area contributed by atoms with Crippen LogP contribution in [0.4, 0.5) is 8.78 Å². The molecule has 5 aliphatic heterocycles. The lowest BCUT2D eigenvalue weighted by Crippen LogP contribution is -2.54. The van der Waals surface area contributed by atoms with Crippen molar-refractivity contribution >= 4 is 40.4 Å². The molecule has 2 N–H and O–H groups in total. The summed E-state index contributed by atoms with van der Waals surface area (Å²) >= 11 is 0. The van der Waals surface area contributed by atoms with Gasteiger partial charge in [-0.15, -0.1) is 0 Å². The van der Waals surface area contributed by atoms with Crippen molar-refractivity contribution in [1.29, 1.82) is 0 Å². The molecule has 0 bridgehead atoms. The maximum absolute atomic E-state index is 13.9. The van der Waals surface area contributed by atoms with Gasteiger partial charge >= 0.3 is 0 Å². The summed E-state index contributed by atoms with van der Waals surface area (Å²) in [5.41, 5.74) is 6.48. The second kappa shape index (κ2) is 15.2. The van der Waals surface area contributed by atoms with Crippen LogP contribution in [-0.4, -0.2) is 108 Å². The Balaban J connectivity index is 0.00000476. The Kier molecular flexibility index (Phi) is 9.85. The number of amides is 5. The Bertz CT molecular complexity index is 2370. The molecular formula is C45H50F2N8O5. The van der Waals surface area contributed by atoms with Crippen LogP contribution >= 0.6 is 0 Å². The number of imide groups is 2. The van der Waals surface area contributed by atoms with Crippen molar-refractivity contribution in [2.45, 2.75) is 114 Å². The fourth-order valence-corrected chi connectivity index (χ4v) is 11.0. The van der Waals surface area contributed by atoms with E-state index in [1.807, 2.05) is 47.3 Å². The summed E-state index contributed by atoms with van der Waals surface area (Å²) in [6, 6.07) is 10.5. The first-order chi connectivity index (χ1) is 29.0. The van der Waals surface area contributed by atoms with Gasteiger partial charge in [0.1, 0.15) is 11.9 Å². The first kappa shape index (κ1) is 38.8. The second-order valence-corrected chi connectivity index (χ2v) is 17.6. The highest BCUT2D eigenvalue weighted by Crippen LogP contribution is 2.42. The molecule has 5 amide bonds. The molecule has 13 nitrogen and oxygen atoms in total. The van der Waals surface area contributed by atoms with Gasteiger partial charge < -0.3 is 9.88 Å². The summed E-state index contributed by atoms with van der Waals surface area (Å²) in [6.07, 6.45) is 6.85. The van der Waals surface area contributed by atoms with Crippen molar-refractivity contribution in [3.63, 3.8) is 0 Å². The van der Waals surface area contributed by atoms with E-state index >= 15 is 0 Å². The standard InChI is InChI=1S/C45H48F2N8O5.H2/c1-24-16-32-31-4-2-3-5-35(31)50-39(32)40(54(24)23-37(46)47)29-19-48-41(49-20-29)25-6-8-26(9-7-25)43(58)52-14-12-30(13-15-52)53-21-27-17-33-34(18-28(27)22-53)45(60)55(44(33)59)36-10-11-38(56)51-42(36)57;/h2-5,17-20,24-26,30,36-37,40,50H,6-16,21-23H2,1H3,(H,51,56,57);1H/t24-,25?,26?,36?,40-;/m1./s1. The zero-order chi connectivity index (χ0) is 41.4. The molecular weight excluding hydrogens is 771 g/mol. The Labute approximate surface area is 347 Å². The molecule has 60 heavy (non-hydrogen) atoms. The number of para-hydroxylation sites is 1. The fraction of sp³-hybridized carbons (Fsp3) is 0.489. The monoisotopic (exact) mass is 820 g/mol. The van der Waals surface area contributed by atoms with Crippen molar-refractivity contribution in [3.05, 3.63) is 93.7 Å². The van der Waals surface area contributed by atoms with Crippen LogP contribution < -0.4 is 5.32 Å². The number of nitrogens with zero attached hydrogens (tertiary/aromatic N) is 6. The van der Waals surface area contributed by atoms with Crippen LogP contribution in [0.3, 0.4) is 0 Å². The highest BCUT2D eigenvalue weighted by Gasteiger charge is 2.46.